The van der Waals surface area contributed by atoms with Gasteiger partial charge in [0, 0.05) is 0 Å². The van der Waals surface area contributed by atoms with Crippen molar-refractivity contribution in [1.82, 2.24) is 15.1 Å². The van der Waals surface area contributed by atoms with Gasteiger partial charge < -0.3 is 10.1 Å². The Hall–Kier alpha value is -1.52. The zero-order chi connectivity index (χ0) is 13.1. The summed E-state index contributed by atoms with van der Waals surface area (Å²) in [4.78, 5) is 0. The van der Waals surface area contributed by atoms with Gasteiger partial charge in [0.05, 0.1) is 12.2 Å². The van der Waals surface area contributed by atoms with Crippen molar-refractivity contribution in [3.63, 3.8) is 0 Å². The second-order valence-electron chi connectivity index (χ2n) is 4.64. The first-order valence-electron chi connectivity index (χ1n) is 6.51. The van der Waals surface area contributed by atoms with E-state index in [2.05, 4.69) is 10.4 Å². The molecule has 3 rings (SSSR count). The van der Waals surface area contributed by atoms with E-state index in [1.54, 1.807) is 6.20 Å². The van der Waals surface area contributed by atoms with Crippen molar-refractivity contribution in [3.05, 3.63) is 41.7 Å². The summed E-state index contributed by atoms with van der Waals surface area (Å²) in [6.45, 7) is 2.02. The largest absolute Gasteiger partial charge is 0.452 e. The summed E-state index contributed by atoms with van der Waals surface area (Å²) in [5.74, 6) is 1.39. The third-order valence-electron chi connectivity index (χ3n) is 3.33. The molecule has 0 bridgehead atoms. The Morgan fingerprint density at radius 2 is 1.95 bits per heavy atom. The molecule has 0 aliphatic carbocycles. The number of halogens is 1. The van der Waals surface area contributed by atoms with Crippen LogP contribution >= 0.6 is 11.6 Å². The van der Waals surface area contributed by atoms with Crippen LogP contribution in [0.5, 0.6) is 11.5 Å². The van der Waals surface area contributed by atoms with Crippen LogP contribution in [0, 0.1) is 0 Å². The first-order chi connectivity index (χ1) is 9.34. The Kier molecular flexibility index (Phi) is 3.71. The minimum Gasteiger partial charge on any atom is -0.452 e. The smallest absolute Gasteiger partial charge is 0.184 e. The minimum absolute atomic E-state index is 0.363. The topological polar surface area (TPSA) is 39.1 Å². The summed E-state index contributed by atoms with van der Waals surface area (Å²) < 4.78 is 7.63. The second kappa shape index (κ2) is 5.63. The number of para-hydroxylation sites is 1. The van der Waals surface area contributed by atoms with Crippen molar-refractivity contribution in [2.24, 2.45) is 0 Å². The lowest BCUT2D eigenvalue weighted by Crippen LogP contribution is -2.29. The van der Waals surface area contributed by atoms with Crippen LogP contribution < -0.4 is 10.1 Å². The number of benzene rings is 1. The van der Waals surface area contributed by atoms with E-state index in [-0.39, 0.29) is 0 Å². The van der Waals surface area contributed by atoms with Gasteiger partial charge in [-0.3, -0.25) is 0 Å². The summed E-state index contributed by atoms with van der Waals surface area (Å²) >= 11 is 6.36. The van der Waals surface area contributed by atoms with Gasteiger partial charge in [-0.05, 0) is 38.1 Å². The van der Waals surface area contributed by atoms with Gasteiger partial charge in [0.15, 0.2) is 10.9 Å². The summed E-state index contributed by atoms with van der Waals surface area (Å²) in [5, 5.41) is 8.28. The summed E-state index contributed by atoms with van der Waals surface area (Å²) in [6.07, 6.45) is 3.79. The molecule has 1 aliphatic rings. The highest BCUT2D eigenvalue weighted by Crippen LogP contribution is 2.32. The third-order valence-corrected chi connectivity index (χ3v) is 3.69. The number of aromatic nitrogens is 2. The van der Waals surface area contributed by atoms with Crippen molar-refractivity contribution in [1.29, 1.82) is 0 Å². The van der Waals surface area contributed by atoms with Crippen molar-refractivity contribution < 1.29 is 4.74 Å². The average molecular weight is 278 g/mol. The summed E-state index contributed by atoms with van der Waals surface area (Å²) in [5.41, 5.74) is 0. The monoisotopic (exact) mass is 277 g/mol. The quantitative estimate of drug-likeness (QED) is 0.936. The molecule has 2 heterocycles. The van der Waals surface area contributed by atoms with Gasteiger partial charge >= 0.3 is 0 Å². The molecule has 19 heavy (non-hydrogen) atoms. The lowest BCUT2D eigenvalue weighted by molar-refractivity contribution is 0.342. The summed E-state index contributed by atoms with van der Waals surface area (Å²) in [6, 6.07) is 9.98. The van der Waals surface area contributed by atoms with Crippen molar-refractivity contribution in [2.45, 2.75) is 18.9 Å². The highest BCUT2D eigenvalue weighted by Gasteiger charge is 2.20. The van der Waals surface area contributed by atoms with E-state index < -0.39 is 0 Å². The minimum atomic E-state index is 0.363. The summed E-state index contributed by atoms with van der Waals surface area (Å²) in [7, 11) is 0. The van der Waals surface area contributed by atoms with Crippen LogP contribution in [-0.2, 0) is 0 Å². The van der Waals surface area contributed by atoms with Crippen LogP contribution in [0.4, 0.5) is 0 Å². The molecule has 1 fully saturated rings. The predicted molar refractivity (Wildman–Crippen MR) is 74.9 cm³/mol. The molecule has 1 aliphatic heterocycles. The van der Waals surface area contributed by atoms with Crippen LogP contribution in [0.3, 0.4) is 0 Å². The van der Waals surface area contributed by atoms with Crippen molar-refractivity contribution >= 4 is 11.6 Å². The maximum absolute atomic E-state index is 6.36. The molecule has 1 N–H and O–H groups in total. The van der Waals surface area contributed by atoms with Gasteiger partial charge in [-0.25, -0.2) is 4.68 Å². The van der Waals surface area contributed by atoms with E-state index in [4.69, 9.17) is 16.3 Å². The Labute approximate surface area is 117 Å². The number of hydrogen-bond acceptors (Lipinski definition) is 3. The Morgan fingerprint density at radius 1 is 1.21 bits per heavy atom. The van der Waals surface area contributed by atoms with Crippen LogP contribution in [0.15, 0.2) is 36.5 Å². The lowest BCUT2D eigenvalue weighted by Gasteiger charge is -2.23. The molecule has 1 aromatic carbocycles. The standard InChI is InChI=1S/C14H16ClN3O/c15-14-13(19-12-4-2-1-3-5-12)10-17-18(14)11-6-8-16-9-7-11/h1-5,10-11,16H,6-9H2. The number of hydrogen-bond donors (Lipinski definition) is 1. The van der Waals surface area contributed by atoms with Gasteiger partial charge in [0.1, 0.15) is 5.75 Å². The van der Waals surface area contributed by atoms with E-state index in [0.29, 0.717) is 16.9 Å². The van der Waals surface area contributed by atoms with Crippen molar-refractivity contribution in [2.75, 3.05) is 13.1 Å². The van der Waals surface area contributed by atoms with Crippen LogP contribution in [0.25, 0.3) is 0 Å². The van der Waals surface area contributed by atoms with Crippen LogP contribution in [-0.4, -0.2) is 22.9 Å². The first kappa shape index (κ1) is 12.5. The van der Waals surface area contributed by atoms with E-state index in [0.717, 1.165) is 31.7 Å². The molecule has 1 aromatic heterocycles. The van der Waals surface area contributed by atoms with Crippen molar-refractivity contribution in [3.8, 4) is 11.5 Å². The molecule has 2 aromatic rings. The molecule has 0 saturated carbocycles. The Bertz CT molecular complexity index is 535. The average Bonchev–Trinajstić information content (AvgIpc) is 2.82. The van der Waals surface area contributed by atoms with E-state index >= 15 is 0 Å². The van der Waals surface area contributed by atoms with Gasteiger partial charge in [-0.1, -0.05) is 29.8 Å². The normalized spacial score (nSPS) is 16.5. The molecule has 0 atom stereocenters. The van der Waals surface area contributed by atoms with E-state index in [1.807, 2.05) is 35.0 Å². The molecular formula is C14H16ClN3O. The lowest BCUT2D eigenvalue weighted by atomic mass is 10.1. The molecule has 5 heteroatoms. The Balaban J connectivity index is 1.78. The molecule has 100 valence electrons. The number of nitrogens with one attached hydrogen (secondary N) is 1. The second-order valence-corrected chi connectivity index (χ2v) is 5.00. The molecule has 0 spiro atoms. The fourth-order valence-electron chi connectivity index (χ4n) is 2.32. The molecule has 0 radical (unpaired) electrons. The predicted octanol–water partition coefficient (Wildman–Crippen LogP) is 3.25. The Morgan fingerprint density at radius 3 is 2.68 bits per heavy atom. The molecule has 1 saturated heterocycles. The van der Waals surface area contributed by atoms with Gasteiger partial charge in [-0.15, -0.1) is 0 Å². The van der Waals surface area contributed by atoms with E-state index in [9.17, 15) is 0 Å². The SMILES string of the molecule is Clc1c(Oc2ccccc2)cnn1C1CCNCC1. The maximum Gasteiger partial charge on any atom is 0.184 e. The fourth-order valence-corrected chi connectivity index (χ4v) is 2.59. The number of ether oxygens (including phenoxy) is 1. The van der Waals surface area contributed by atoms with E-state index in [1.165, 1.54) is 0 Å². The zero-order valence-corrected chi connectivity index (χ0v) is 11.3. The number of nitrogens with zero attached hydrogens (tertiary/aromatic N) is 2. The number of piperidine rings is 1. The fraction of sp³-hybridized carbons (Fsp3) is 0.357. The van der Waals surface area contributed by atoms with Crippen LogP contribution in [0.2, 0.25) is 5.15 Å². The molecule has 4 nitrogen and oxygen atoms in total. The molecule has 0 amide bonds. The maximum atomic E-state index is 6.36. The zero-order valence-electron chi connectivity index (χ0n) is 10.6. The molecule has 0 unspecified atom stereocenters. The van der Waals surface area contributed by atoms with Gasteiger partial charge in [0.2, 0.25) is 0 Å². The first-order valence-corrected chi connectivity index (χ1v) is 6.89. The highest BCUT2D eigenvalue weighted by atomic mass is 35.5. The van der Waals surface area contributed by atoms with Crippen LogP contribution in [0.1, 0.15) is 18.9 Å². The highest BCUT2D eigenvalue weighted by molar-refractivity contribution is 6.31. The van der Waals surface area contributed by atoms with Gasteiger partial charge in [0.25, 0.3) is 0 Å². The van der Waals surface area contributed by atoms with Gasteiger partial charge in [-0.2, -0.15) is 5.10 Å². The molecular weight excluding hydrogens is 262 g/mol. The third kappa shape index (κ3) is 2.74. The number of rotatable bonds is 3.